The molecule has 1 aliphatic heterocycles. The van der Waals surface area contributed by atoms with E-state index >= 15 is 0 Å². The van der Waals surface area contributed by atoms with Gasteiger partial charge in [-0.2, -0.15) is 4.37 Å². The third-order valence-electron chi connectivity index (χ3n) is 7.30. The molecular weight excluding hydrogens is 615 g/mol. The van der Waals surface area contributed by atoms with E-state index in [0.29, 0.717) is 6.04 Å². The molecule has 45 heavy (non-hydrogen) atoms. The Bertz CT molecular complexity index is 1640. The minimum Gasteiger partial charge on any atom is -0.369 e. The zero-order chi connectivity index (χ0) is 31.6. The van der Waals surface area contributed by atoms with E-state index < -0.39 is 0 Å². The van der Waals surface area contributed by atoms with Crippen molar-refractivity contribution in [3.05, 3.63) is 105 Å². The first-order chi connectivity index (χ1) is 21.9. The summed E-state index contributed by atoms with van der Waals surface area (Å²) < 4.78 is 4.22. The second-order valence-electron chi connectivity index (χ2n) is 10.9. The Morgan fingerprint density at radius 1 is 0.644 bits per heavy atom. The van der Waals surface area contributed by atoms with Crippen molar-refractivity contribution in [3.63, 3.8) is 0 Å². The van der Waals surface area contributed by atoms with Crippen LogP contribution in [0.3, 0.4) is 0 Å². The van der Waals surface area contributed by atoms with Gasteiger partial charge in [-0.1, -0.05) is 84.1 Å². The van der Waals surface area contributed by atoms with Crippen molar-refractivity contribution in [2.45, 2.75) is 40.7 Å². The van der Waals surface area contributed by atoms with E-state index in [9.17, 15) is 0 Å². The molecule has 0 spiro atoms. The third-order valence-corrected chi connectivity index (χ3v) is 9.58. The molecule has 4 heterocycles. The van der Waals surface area contributed by atoms with Crippen molar-refractivity contribution in [1.82, 2.24) is 29.4 Å². The van der Waals surface area contributed by atoms with Gasteiger partial charge in [-0.25, -0.2) is 9.97 Å². The summed E-state index contributed by atoms with van der Waals surface area (Å²) in [4.78, 5) is 13.9. The summed E-state index contributed by atoms with van der Waals surface area (Å²) in [5, 5.41) is 14.3. The molecule has 1 aliphatic rings. The number of nitrogens with zero attached hydrogens (tertiary/aromatic N) is 7. The van der Waals surface area contributed by atoms with Gasteiger partial charge in [-0.3, -0.25) is 4.90 Å². The van der Waals surface area contributed by atoms with Gasteiger partial charge in [0.25, 0.3) is 0 Å². The second-order valence-corrected chi connectivity index (χ2v) is 14.1. The number of aromatic nitrogens is 5. The van der Waals surface area contributed by atoms with Gasteiger partial charge in [0.15, 0.2) is 5.82 Å². The molecule has 0 aliphatic carbocycles. The van der Waals surface area contributed by atoms with Gasteiger partial charge < -0.3 is 4.90 Å². The van der Waals surface area contributed by atoms with Crippen LogP contribution < -0.4 is 4.90 Å². The Labute approximate surface area is 278 Å². The van der Waals surface area contributed by atoms with Crippen LogP contribution in [0.4, 0.5) is 5.69 Å². The van der Waals surface area contributed by atoms with Crippen molar-refractivity contribution in [2.24, 2.45) is 0 Å². The van der Waals surface area contributed by atoms with Gasteiger partial charge in [-0.15, -0.1) is 21.5 Å². The van der Waals surface area contributed by atoms with E-state index in [1.165, 1.54) is 22.8 Å². The predicted molar refractivity (Wildman–Crippen MR) is 191 cm³/mol. The fourth-order valence-electron chi connectivity index (χ4n) is 4.83. The number of piperazine rings is 1. The molecule has 0 saturated carbocycles. The van der Waals surface area contributed by atoms with E-state index in [1.54, 1.807) is 22.7 Å². The largest absolute Gasteiger partial charge is 0.369 e. The maximum absolute atomic E-state index is 4.55. The van der Waals surface area contributed by atoms with Gasteiger partial charge in [0.2, 0.25) is 0 Å². The highest BCUT2D eigenvalue weighted by Gasteiger charge is 2.19. The van der Waals surface area contributed by atoms with E-state index in [-0.39, 0.29) is 0 Å². The van der Waals surface area contributed by atoms with E-state index in [4.69, 9.17) is 0 Å². The van der Waals surface area contributed by atoms with Crippen molar-refractivity contribution in [1.29, 1.82) is 0 Å². The SMILES string of the molecule is Cc1nc(-c2ccc(N3CCN(C(C)C)CC3)cc2)cs1.Cc1nc(-c2ccccc2)ns1.Cc1nnc(-c2ccccc2)s1. The molecule has 7 rings (SSSR count). The average molecular weight is 654 g/mol. The number of rotatable bonds is 5. The molecule has 0 atom stereocenters. The lowest BCUT2D eigenvalue weighted by Crippen LogP contribution is -2.48. The molecule has 3 aromatic carbocycles. The van der Waals surface area contributed by atoms with Crippen LogP contribution in [0.25, 0.3) is 33.2 Å². The fraction of sp³-hybridized carbons (Fsp3) is 0.286. The fourth-order valence-corrected chi connectivity index (χ4v) is 6.64. The van der Waals surface area contributed by atoms with Crippen molar-refractivity contribution in [3.8, 4) is 33.2 Å². The van der Waals surface area contributed by atoms with Crippen LogP contribution in [0.2, 0.25) is 0 Å². The Morgan fingerprint density at radius 3 is 1.80 bits per heavy atom. The summed E-state index contributed by atoms with van der Waals surface area (Å²) in [6.45, 7) is 15.1. The molecule has 1 fully saturated rings. The highest BCUT2D eigenvalue weighted by molar-refractivity contribution is 7.14. The van der Waals surface area contributed by atoms with Crippen LogP contribution in [0.15, 0.2) is 90.3 Å². The lowest BCUT2D eigenvalue weighted by molar-refractivity contribution is 0.209. The number of benzene rings is 3. The van der Waals surface area contributed by atoms with Gasteiger partial charge in [0, 0.05) is 60.0 Å². The first-order valence-electron chi connectivity index (χ1n) is 15.1. The number of hydrogen-bond donors (Lipinski definition) is 0. The Balaban J connectivity index is 0.000000143. The molecule has 7 nitrogen and oxygen atoms in total. The van der Waals surface area contributed by atoms with E-state index in [1.807, 2.05) is 74.5 Å². The topological polar surface area (TPSA) is 70.9 Å². The van der Waals surface area contributed by atoms with Crippen LogP contribution in [0.5, 0.6) is 0 Å². The van der Waals surface area contributed by atoms with Crippen LogP contribution in [-0.4, -0.2) is 61.7 Å². The van der Waals surface area contributed by atoms with Gasteiger partial charge >= 0.3 is 0 Å². The number of thiazole rings is 1. The monoisotopic (exact) mass is 653 g/mol. The lowest BCUT2D eigenvalue weighted by atomic mass is 10.1. The summed E-state index contributed by atoms with van der Waals surface area (Å²) in [7, 11) is 0. The predicted octanol–water partition coefficient (Wildman–Crippen LogP) is 8.68. The lowest BCUT2D eigenvalue weighted by Gasteiger charge is -2.38. The highest BCUT2D eigenvalue weighted by atomic mass is 32.1. The Morgan fingerprint density at radius 2 is 1.29 bits per heavy atom. The summed E-state index contributed by atoms with van der Waals surface area (Å²) in [6, 6.07) is 29.6. The molecule has 1 saturated heterocycles. The highest BCUT2D eigenvalue weighted by Crippen LogP contribution is 2.25. The normalized spacial score (nSPS) is 13.2. The minimum absolute atomic E-state index is 0.655. The van der Waals surface area contributed by atoms with Crippen LogP contribution in [-0.2, 0) is 0 Å². The first-order valence-corrected chi connectivity index (χ1v) is 17.6. The van der Waals surface area contributed by atoms with Gasteiger partial charge in [-0.05, 0) is 58.3 Å². The number of anilines is 1. The van der Waals surface area contributed by atoms with Crippen LogP contribution >= 0.6 is 34.2 Å². The summed E-state index contributed by atoms with van der Waals surface area (Å²) in [5.74, 6) is 0.832. The summed E-state index contributed by atoms with van der Waals surface area (Å²) in [6.07, 6.45) is 0. The third kappa shape index (κ3) is 9.34. The molecule has 3 aromatic heterocycles. The van der Waals surface area contributed by atoms with Crippen molar-refractivity contribution >= 4 is 39.9 Å². The minimum atomic E-state index is 0.655. The van der Waals surface area contributed by atoms with Crippen LogP contribution in [0.1, 0.15) is 28.9 Å². The number of hydrogen-bond acceptors (Lipinski definition) is 10. The molecule has 0 unspecified atom stereocenters. The molecular formula is C35H39N7S3. The maximum Gasteiger partial charge on any atom is 0.173 e. The van der Waals surface area contributed by atoms with E-state index in [0.717, 1.165) is 68.9 Å². The van der Waals surface area contributed by atoms with E-state index in [2.05, 4.69) is 84.8 Å². The zero-order valence-electron chi connectivity index (χ0n) is 26.4. The number of aryl methyl sites for hydroxylation is 3. The molecule has 0 bridgehead atoms. The van der Waals surface area contributed by atoms with Gasteiger partial charge in [0.1, 0.15) is 15.0 Å². The van der Waals surface area contributed by atoms with Crippen LogP contribution in [0, 0.1) is 20.8 Å². The quantitative estimate of drug-likeness (QED) is 0.184. The molecule has 232 valence electrons. The molecule has 0 N–H and O–H groups in total. The Kier molecular flexibility index (Phi) is 11.5. The summed E-state index contributed by atoms with van der Waals surface area (Å²) >= 11 is 4.76. The average Bonchev–Trinajstić information content (AvgIpc) is 3.84. The maximum atomic E-state index is 4.55. The first kappa shape index (κ1) is 32.6. The molecule has 0 amide bonds. The molecule has 6 aromatic rings. The standard InChI is InChI=1S/C17H23N3S.2C9H8N2S/c1-13(2)19-8-10-20(11-9-19)16-6-4-15(5-7-16)17-12-21-14(3)18-17;1-7-10-11-9(12-7)8-5-3-2-4-6-8;1-7-10-9(11-12-7)8-5-3-2-4-6-8/h4-7,12-13H,8-11H2,1-3H3;2*2-6H,1H3. The molecule has 0 radical (unpaired) electrons. The molecule has 10 heteroatoms. The van der Waals surface area contributed by atoms with Crippen molar-refractivity contribution < 1.29 is 0 Å². The summed E-state index contributed by atoms with van der Waals surface area (Å²) in [5.41, 5.74) is 5.86. The smallest absolute Gasteiger partial charge is 0.173 e. The zero-order valence-corrected chi connectivity index (χ0v) is 28.9. The van der Waals surface area contributed by atoms with Gasteiger partial charge in [0.05, 0.1) is 10.7 Å². The van der Waals surface area contributed by atoms with Crippen molar-refractivity contribution in [2.75, 3.05) is 31.1 Å². The second kappa shape index (κ2) is 15.9. The Hall–Kier alpha value is -3.83.